The van der Waals surface area contributed by atoms with Gasteiger partial charge in [0, 0.05) is 33.3 Å². The molecule has 1 saturated heterocycles. The Bertz CT molecular complexity index is 1520. The van der Waals surface area contributed by atoms with Gasteiger partial charge >= 0.3 is 0 Å². The van der Waals surface area contributed by atoms with Gasteiger partial charge in [0.05, 0.1) is 26.7 Å². The second kappa shape index (κ2) is 17.3. The van der Waals surface area contributed by atoms with E-state index in [2.05, 4.69) is 46.1 Å². The lowest BCUT2D eigenvalue weighted by Gasteiger charge is -2.49. The van der Waals surface area contributed by atoms with E-state index in [1.165, 1.54) is 5.57 Å². The van der Waals surface area contributed by atoms with E-state index in [1.807, 2.05) is 48.5 Å². The Kier molecular flexibility index (Phi) is 13.3. The van der Waals surface area contributed by atoms with Gasteiger partial charge in [-0.25, -0.2) is 0 Å². The number of fused-ring (bicyclic) bond motifs is 2. The normalized spacial score (nSPS) is 30.8. The smallest absolute Gasteiger partial charge is 0.184 e. The van der Waals surface area contributed by atoms with Crippen LogP contribution in [-0.2, 0) is 28.4 Å². The quantitative estimate of drug-likeness (QED) is 0.0784. The van der Waals surface area contributed by atoms with E-state index in [1.54, 1.807) is 33.5 Å². The van der Waals surface area contributed by atoms with Crippen LogP contribution in [0.4, 0.5) is 0 Å². The van der Waals surface area contributed by atoms with Crippen LogP contribution in [0.2, 0.25) is 25.7 Å². The highest BCUT2D eigenvalue weighted by Gasteiger charge is 2.56. The summed E-state index contributed by atoms with van der Waals surface area (Å²) in [5, 5.41) is 12.2. The van der Waals surface area contributed by atoms with E-state index < -0.39 is 44.2 Å². The Morgan fingerprint density at radius 3 is 2.19 bits per heavy atom. The van der Waals surface area contributed by atoms with E-state index in [0.29, 0.717) is 18.1 Å². The molecule has 1 N–H and O–H groups in total. The lowest BCUT2D eigenvalue weighted by Crippen LogP contribution is -2.61. The largest absolute Gasteiger partial charge is 0.510 e. The van der Waals surface area contributed by atoms with Crippen LogP contribution in [0.5, 0.6) is 17.2 Å². The maximum Gasteiger partial charge on any atom is 0.184 e. The highest BCUT2D eigenvalue weighted by molar-refractivity contribution is 6.76. The first-order valence-electron chi connectivity index (χ1n) is 18.1. The van der Waals surface area contributed by atoms with Gasteiger partial charge < -0.3 is 47.7 Å². The molecule has 0 unspecified atom stereocenters. The fraction of sp³-hybridized carbons (Fsp3) is 0.561. The summed E-state index contributed by atoms with van der Waals surface area (Å²) in [5.74, 6) is 1.46. The van der Waals surface area contributed by atoms with Crippen LogP contribution in [0.1, 0.15) is 38.5 Å². The average Bonchev–Trinajstić information content (AvgIpc) is 3.43. The van der Waals surface area contributed by atoms with Gasteiger partial charge in [-0.2, -0.15) is 0 Å². The average molecular weight is 739 g/mol. The summed E-state index contributed by atoms with van der Waals surface area (Å²) in [5.41, 5.74) is 0.453. The molecule has 2 bridgehead atoms. The minimum atomic E-state index is -1.36. The van der Waals surface area contributed by atoms with Gasteiger partial charge in [-0.3, -0.25) is 0 Å². The minimum absolute atomic E-state index is 0.0131. The zero-order chi connectivity index (χ0) is 37.5. The van der Waals surface area contributed by atoms with Crippen molar-refractivity contribution in [3.05, 3.63) is 90.2 Å². The van der Waals surface area contributed by atoms with E-state index in [-0.39, 0.29) is 37.3 Å². The third-order valence-corrected chi connectivity index (χ3v) is 12.4. The Balaban J connectivity index is 1.62. The first-order chi connectivity index (χ1) is 24.8. The van der Waals surface area contributed by atoms with Crippen LogP contribution in [0.15, 0.2) is 84.7 Å². The Labute approximate surface area is 310 Å². The summed E-state index contributed by atoms with van der Waals surface area (Å²) in [6.07, 6.45) is 4.70. The number of ether oxygens (including phenoxy) is 9. The van der Waals surface area contributed by atoms with E-state index in [4.69, 9.17) is 42.6 Å². The van der Waals surface area contributed by atoms with Gasteiger partial charge in [0.25, 0.3) is 0 Å². The number of rotatable bonds is 16. The molecule has 1 saturated carbocycles. The maximum absolute atomic E-state index is 12.2. The highest BCUT2D eigenvalue weighted by atomic mass is 28.3. The molecule has 0 spiro atoms. The molecule has 11 heteroatoms. The first-order valence-corrected chi connectivity index (χ1v) is 21.8. The molecule has 2 aliphatic carbocycles. The predicted molar refractivity (Wildman–Crippen MR) is 202 cm³/mol. The summed E-state index contributed by atoms with van der Waals surface area (Å²) in [6.45, 7) is 16.2. The van der Waals surface area contributed by atoms with Crippen molar-refractivity contribution in [2.45, 2.75) is 82.6 Å². The zero-order valence-electron chi connectivity index (χ0n) is 32.1. The van der Waals surface area contributed by atoms with Crippen LogP contribution in [0.3, 0.4) is 0 Å². The van der Waals surface area contributed by atoms with Gasteiger partial charge in [-0.05, 0) is 72.9 Å². The zero-order valence-corrected chi connectivity index (χ0v) is 33.1. The third kappa shape index (κ3) is 9.13. The molecule has 0 radical (unpaired) electrons. The molecule has 52 heavy (non-hydrogen) atoms. The SMILES string of the molecule is C=C[C@H]1O[C@@H](c2ccc(OC)cc2)OC[C@@]1(OCOCC[Si](C)(C)C)[C@@H]1/C=C(/O)[C@H](OCOC)[C@H]2CC/C(=C/[C@H]1Oc1ccc(OC)cc1)C2(C)C. The molecule has 1 heterocycles. The van der Waals surface area contributed by atoms with Crippen LogP contribution in [0.25, 0.3) is 0 Å². The summed E-state index contributed by atoms with van der Waals surface area (Å²) in [4.78, 5) is 0. The molecule has 3 aliphatic rings. The molecular weight excluding hydrogens is 681 g/mol. The van der Waals surface area contributed by atoms with E-state index in [0.717, 1.165) is 30.2 Å². The molecule has 2 aromatic rings. The monoisotopic (exact) mass is 738 g/mol. The van der Waals surface area contributed by atoms with Crippen LogP contribution >= 0.6 is 0 Å². The number of hydrogen-bond acceptors (Lipinski definition) is 10. The van der Waals surface area contributed by atoms with Gasteiger partial charge in [0.2, 0.25) is 0 Å². The summed E-state index contributed by atoms with van der Waals surface area (Å²) >= 11 is 0. The Morgan fingerprint density at radius 1 is 0.923 bits per heavy atom. The van der Waals surface area contributed by atoms with Crippen molar-refractivity contribution in [1.82, 2.24) is 0 Å². The van der Waals surface area contributed by atoms with Gasteiger partial charge in [-0.1, -0.05) is 57.3 Å². The van der Waals surface area contributed by atoms with Crippen molar-refractivity contribution in [3.8, 4) is 17.2 Å². The fourth-order valence-corrected chi connectivity index (χ4v) is 8.24. The van der Waals surface area contributed by atoms with Crippen molar-refractivity contribution in [3.63, 3.8) is 0 Å². The van der Waals surface area contributed by atoms with Crippen LogP contribution < -0.4 is 14.2 Å². The number of hydrogen-bond donors (Lipinski definition) is 1. The molecule has 2 aromatic carbocycles. The number of benzene rings is 2. The molecule has 1 aliphatic heterocycles. The van der Waals surface area contributed by atoms with Crippen molar-refractivity contribution >= 4 is 8.07 Å². The molecule has 10 nitrogen and oxygen atoms in total. The van der Waals surface area contributed by atoms with Crippen molar-refractivity contribution in [2.24, 2.45) is 17.3 Å². The van der Waals surface area contributed by atoms with Gasteiger partial charge in [0.1, 0.15) is 60.5 Å². The highest BCUT2D eigenvalue weighted by Crippen LogP contribution is 2.53. The number of aliphatic hydroxyl groups is 1. The van der Waals surface area contributed by atoms with Crippen molar-refractivity contribution in [1.29, 1.82) is 0 Å². The number of aliphatic hydroxyl groups excluding tert-OH is 1. The summed E-state index contributed by atoms with van der Waals surface area (Å²) in [6, 6.07) is 16.0. The number of allylic oxidation sites excluding steroid dienone is 1. The van der Waals surface area contributed by atoms with Gasteiger partial charge in [0.15, 0.2) is 6.29 Å². The van der Waals surface area contributed by atoms with Gasteiger partial charge in [-0.15, -0.1) is 6.58 Å². The second-order valence-electron chi connectivity index (χ2n) is 15.6. The molecule has 2 fully saturated rings. The number of methoxy groups -OCH3 is 3. The van der Waals surface area contributed by atoms with Crippen LogP contribution in [-0.4, -0.2) is 85.2 Å². The van der Waals surface area contributed by atoms with Crippen molar-refractivity contribution < 1.29 is 47.7 Å². The minimum Gasteiger partial charge on any atom is -0.510 e. The summed E-state index contributed by atoms with van der Waals surface area (Å²) < 4.78 is 55.7. The maximum atomic E-state index is 12.2. The molecule has 5 rings (SSSR count). The second-order valence-corrected chi connectivity index (χ2v) is 21.2. The fourth-order valence-electron chi connectivity index (χ4n) is 7.48. The third-order valence-electron chi connectivity index (χ3n) is 10.7. The van der Waals surface area contributed by atoms with E-state index >= 15 is 0 Å². The Morgan fingerprint density at radius 2 is 1.58 bits per heavy atom. The first kappa shape index (κ1) is 40.0. The molecular formula is C41H58O10Si. The molecule has 0 aromatic heterocycles. The predicted octanol–water partition coefficient (Wildman–Crippen LogP) is 8.24. The topological polar surface area (TPSA) is 103 Å². The lowest BCUT2D eigenvalue weighted by atomic mass is 9.75. The molecule has 7 atom stereocenters. The molecule has 286 valence electrons. The standard InChI is InChI=1S/C41H58O10Si/c1-10-37-41(49-27-46-21-22-52(7,8)9,25-47-39(51-37)28-11-14-30(44-5)15-12-28)34-24-35(42)38(48-26-43-4)33-20-13-29(40(33,2)3)23-36(34)50-32-18-16-31(45-6)17-19-32/h10-12,14-19,23-24,33-34,36-39,42H,1,13,20-22,25-27H2,2-9H3/b29-23-,35-24+/t33-,34-,36-,37-,38-,39+,41-/m1/s1. The Hall–Kier alpha value is -3.16. The van der Waals surface area contributed by atoms with E-state index in [9.17, 15) is 5.11 Å². The lowest BCUT2D eigenvalue weighted by molar-refractivity contribution is -0.320. The van der Waals surface area contributed by atoms with Crippen LogP contribution in [0, 0.1) is 17.3 Å². The van der Waals surface area contributed by atoms with Crippen molar-refractivity contribution in [2.75, 3.05) is 48.1 Å². The summed E-state index contributed by atoms with van der Waals surface area (Å²) in [7, 11) is 3.49. The molecule has 0 amide bonds.